The zero-order valence-corrected chi connectivity index (χ0v) is 6.99. The third-order valence-electron chi connectivity index (χ3n) is 2.21. The van der Waals surface area contributed by atoms with Gasteiger partial charge in [0.15, 0.2) is 0 Å². The molecular weight excluding hydrogens is 120 g/mol. The van der Waals surface area contributed by atoms with Crippen molar-refractivity contribution in [3.63, 3.8) is 0 Å². The number of rotatable bonds is 0. The van der Waals surface area contributed by atoms with Crippen LogP contribution in [-0.2, 0) is 0 Å². The largest absolute Gasteiger partial charge is 0.118 e. The second-order valence-electron chi connectivity index (χ2n) is 3.14. The SMILES string of the molecule is C=C1CC(C)C(C)=C=C1C. The summed E-state index contributed by atoms with van der Waals surface area (Å²) in [6.45, 7) is 10.4. The van der Waals surface area contributed by atoms with Gasteiger partial charge in [-0.25, -0.2) is 0 Å². The molecule has 0 fully saturated rings. The topological polar surface area (TPSA) is 0 Å². The fourth-order valence-corrected chi connectivity index (χ4v) is 1.18. The van der Waals surface area contributed by atoms with Gasteiger partial charge in [0, 0.05) is 0 Å². The lowest BCUT2D eigenvalue weighted by Gasteiger charge is -2.17. The molecule has 1 atom stereocenters. The lowest BCUT2D eigenvalue weighted by atomic mass is 9.88. The molecule has 1 rings (SSSR count). The summed E-state index contributed by atoms with van der Waals surface area (Å²) in [6, 6.07) is 0. The highest BCUT2D eigenvalue weighted by Crippen LogP contribution is 2.26. The molecule has 10 heavy (non-hydrogen) atoms. The van der Waals surface area contributed by atoms with E-state index in [2.05, 4.69) is 33.1 Å². The Labute approximate surface area is 62.9 Å². The molecule has 0 aromatic heterocycles. The quantitative estimate of drug-likeness (QED) is 0.447. The highest BCUT2D eigenvalue weighted by atomic mass is 14.2. The molecule has 1 aliphatic carbocycles. The van der Waals surface area contributed by atoms with Crippen LogP contribution in [0.25, 0.3) is 0 Å². The summed E-state index contributed by atoms with van der Waals surface area (Å²) < 4.78 is 0. The molecule has 0 saturated heterocycles. The molecule has 0 heteroatoms. The minimum Gasteiger partial charge on any atom is -0.118 e. The monoisotopic (exact) mass is 134 g/mol. The first-order valence-electron chi connectivity index (χ1n) is 3.73. The second kappa shape index (κ2) is 2.48. The Hall–Kier alpha value is -0.740. The molecule has 0 aromatic rings. The van der Waals surface area contributed by atoms with Crippen LogP contribution in [0, 0.1) is 5.92 Å². The predicted molar refractivity (Wildman–Crippen MR) is 44.8 cm³/mol. The molecule has 0 heterocycles. The van der Waals surface area contributed by atoms with Gasteiger partial charge in [0.1, 0.15) is 0 Å². The standard InChI is InChI=1S/C10H14/c1-7-5-9(3)10(4)6-8(7)2/h9H,1,5H2,2-4H3. The van der Waals surface area contributed by atoms with Gasteiger partial charge in [0.25, 0.3) is 0 Å². The summed E-state index contributed by atoms with van der Waals surface area (Å²) in [7, 11) is 0. The Kier molecular flexibility index (Phi) is 1.82. The van der Waals surface area contributed by atoms with Gasteiger partial charge in [0.2, 0.25) is 0 Å². The Balaban J connectivity index is 3.08. The zero-order chi connectivity index (χ0) is 7.72. The number of hydrogen-bond acceptors (Lipinski definition) is 0. The molecule has 54 valence electrons. The van der Waals surface area contributed by atoms with E-state index in [-0.39, 0.29) is 0 Å². The van der Waals surface area contributed by atoms with E-state index in [9.17, 15) is 0 Å². The minimum absolute atomic E-state index is 0.649. The molecule has 0 radical (unpaired) electrons. The zero-order valence-electron chi connectivity index (χ0n) is 6.99. The molecule has 0 spiro atoms. The molecule has 0 nitrogen and oxygen atoms in total. The van der Waals surface area contributed by atoms with Crippen molar-refractivity contribution < 1.29 is 0 Å². The van der Waals surface area contributed by atoms with Crippen LogP contribution < -0.4 is 0 Å². The third kappa shape index (κ3) is 1.22. The first-order chi connectivity index (χ1) is 4.61. The first-order valence-corrected chi connectivity index (χ1v) is 3.73. The van der Waals surface area contributed by atoms with E-state index in [1.807, 2.05) is 0 Å². The Morgan fingerprint density at radius 3 is 2.60 bits per heavy atom. The van der Waals surface area contributed by atoms with Gasteiger partial charge >= 0.3 is 0 Å². The third-order valence-corrected chi connectivity index (χ3v) is 2.21. The fraction of sp³-hybridized carbons (Fsp3) is 0.500. The second-order valence-corrected chi connectivity index (χ2v) is 3.14. The van der Waals surface area contributed by atoms with Crippen molar-refractivity contribution in [2.75, 3.05) is 0 Å². The molecule has 0 bridgehead atoms. The summed E-state index contributed by atoms with van der Waals surface area (Å²) >= 11 is 0. The molecule has 1 aliphatic rings. The van der Waals surface area contributed by atoms with Crippen LogP contribution >= 0.6 is 0 Å². The van der Waals surface area contributed by atoms with Gasteiger partial charge in [-0.3, -0.25) is 0 Å². The van der Waals surface area contributed by atoms with Crippen LogP contribution in [0.4, 0.5) is 0 Å². The van der Waals surface area contributed by atoms with Crippen molar-refractivity contribution in [2.45, 2.75) is 27.2 Å². The van der Waals surface area contributed by atoms with Crippen molar-refractivity contribution >= 4 is 0 Å². The van der Waals surface area contributed by atoms with Crippen LogP contribution in [0.5, 0.6) is 0 Å². The molecule has 0 amide bonds. The van der Waals surface area contributed by atoms with Crippen LogP contribution in [0.3, 0.4) is 0 Å². The Morgan fingerprint density at radius 2 is 2.10 bits per heavy atom. The molecule has 0 N–H and O–H groups in total. The molecule has 1 unspecified atom stereocenters. The van der Waals surface area contributed by atoms with E-state index in [0.717, 1.165) is 6.42 Å². The number of hydrogen-bond donors (Lipinski definition) is 0. The van der Waals surface area contributed by atoms with Gasteiger partial charge in [0.05, 0.1) is 0 Å². The summed E-state index contributed by atoms with van der Waals surface area (Å²) in [5.74, 6) is 0.649. The van der Waals surface area contributed by atoms with Crippen LogP contribution in [0.1, 0.15) is 27.2 Å². The summed E-state index contributed by atoms with van der Waals surface area (Å²) in [5, 5.41) is 0. The van der Waals surface area contributed by atoms with Crippen molar-refractivity contribution in [2.24, 2.45) is 5.92 Å². The maximum Gasteiger partial charge on any atom is -0.00655 e. The van der Waals surface area contributed by atoms with Crippen LogP contribution in [0.15, 0.2) is 29.0 Å². The smallest absolute Gasteiger partial charge is 0.00655 e. The number of allylic oxidation sites excluding steroid dienone is 2. The average molecular weight is 134 g/mol. The van der Waals surface area contributed by atoms with E-state index in [0.29, 0.717) is 5.92 Å². The van der Waals surface area contributed by atoms with Gasteiger partial charge in [-0.2, -0.15) is 0 Å². The van der Waals surface area contributed by atoms with E-state index >= 15 is 0 Å². The van der Waals surface area contributed by atoms with Crippen LogP contribution in [0.2, 0.25) is 0 Å². The van der Waals surface area contributed by atoms with E-state index in [4.69, 9.17) is 0 Å². The molecule has 0 saturated carbocycles. The van der Waals surface area contributed by atoms with Gasteiger partial charge < -0.3 is 0 Å². The Morgan fingerprint density at radius 1 is 1.50 bits per heavy atom. The lowest BCUT2D eigenvalue weighted by molar-refractivity contribution is 0.667. The maximum atomic E-state index is 3.97. The van der Waals surface area contributed by atoms with Crippen molar-refractivity contribution in [1.29, 1.82) is 0 Å². The average Bonchev–Trinajstić information content (AvgIpc) is 1.84. The highest BCUT2D eigenvalue weighted by Gasteiger charge is 2.11. The Bertz CT molecular complexity index is 224. The normalized spacial score (nSPS) is 25.9. The van der Waals surface area contributed by atoms with Gasteiger partial charge in [-0.1, -0.05) is 13.5 Å². The molecule has 0 aliphatic heterocycles. The predicted octanol–water partition coefficient (Wildman–Crippen LogP) is 3.07. The van der Waals surface area contributed by atoms with Crippen molar-refractivity contribution in [1.82, 2.24) is 0 Å². The van der Waals surface area contributed by atoms with Crippen molar-refractivity contribution in [3.8, 4) is 0 Å². The van der Waals surface area contributed by atoms with Gasteiger partial charge in [-0.05, 0) is 42.9 Å². The van der Waals surface area contributed by atoms with Crippen LogP contribution in [-0.4, -0.2) is 0 Å². The van der Waals surface area contributed by atoms with E-state index in [1.165, 1.54) is 16.7 Å². The van der Waals surface area contributed by atoms with Crippen molar-refractivity contribution in [3.05, 3.63) is 29.0 Å². The summed E-state index contributed by atoms with van der Waals surface area (Å²) in [4.78, 5) is 0. The fourth-order valence-electron chi connectivity index (χ4n) is 1.18. The molecule has 0 aromatic carbocycles. The summed E-state index contributed by atoms with van der Waals surface area (Å²) in [5.41, 5.74) is 7.16. The minimum atomic E-state index is 0.649. The van der Waals surface area contributed by atoms with E-state index < -0.39 is 0 Å². The first kappa shape index (κ1) is 7.37. The summed E-state index contributed by atoms with van der Waals surface area (Å²) in [6.07, 6.45) is 1.12. The highest BCUT2D eigenvalue weighted by molar-refractivity contribution is 5.32. The van der Waals surface area contributed by atoms with E-state index in [1.54, 1.807) is 0 Å². The lowest BCUT2D eigenvalue weighted by Crippen LogP contribution is -2.02. The van der Waals surface area contributed by atoms with Gasteiger partial charge in [-0.15, -0.1) is 5.73 Å². The molecular formula is C10H14. The maximum absolute atomic E-state index is 3.97.